The lowest BCUT2D eigenvalue weighted by Crippen LogP contribution is -2.49. The van der Waals surface area contributed by atoms with E-state index in [-0.39, 0.29) is 5.91 Å². The summed E-state index contributed by atoms with van der Waals surface area (Å²) in [5.74, 6) is 2.19. The molecular formula is C23H28N4OS. The Kier molecular flexibility index (Phi) is 5.81. The number of benzene rings is 1. The molecule has 0 atom stereocenters. The van der Waals surface area contributed by atoms with E-state index in [1.807, 2.05) is 23.1 Å². The summed E-state index contributed by atoms with van der Waals surface area (Å²) in [6.07, 6.45) is 2.21. The van der Waals surface area contributed by atoms with Crippen LogP contribution in [0.4, 0.5) is 5.82 Å². The summed E-state index contributed by atoms with van der Waals surface area (Å²) in [4.78, 5) is 29.0. The summed E-state index contributed by atoms with van der Waals surface area (Å²) in [6.45, 7) is 9.56. The molecule has 1 aliphatic heterocycles. The van der Waals surface area contributed by atoms with E-state index >= 15 is 0 Å². The summed E-state index contributed by atoms with van der Waals surface area (Å²) >= 11 is 1.75. The number of nitrogens with zero attached hydrogens (tertiary/aromatic N) is 4. The van der Waals surface area contributed by atoms with Gasteiger partial charge in [-0.25, -0.2) is 9.97 Å². The number of aryl methyl sites for hydroxylation is 4. The molecule has 0 saturated carbocycles. The Morgan fingerprint density at radius 1 is 1.07 bits per heavy atom. The fraction of sp³-hybridized carbons (Fsp3) is 0.435. The lowest BCUT2D eigenvalue weighted by molar-refractivity contribution is -0.131. The fourth-order valence-corrected chi connectivity index (χ4v) is 4.92. The third kappa shape index (κ3) is 4.13. The first-order valence-electron chi connectivity index (χ1n) is 10.4. The molecule has 0 radical (unpaired) electrons. The van der Waals surface area contributed by atoms with Gasteiger partial charge in [0.25, 0.3) is 0 Å². The monoisotopic (exact) mass is 408 g/mol. The van der Waals surface area contributed by atoms with Crippen molar-refractivity contribution in [3.8, 4) is 0 Å². The van der Waals surface area contributed by atoms with Crippen molar-refractivity contribution < 1.29 is 4.79 Å². The molecule has 0 spiro atoms. The Bertz CT molecular complexity index is 1010. The summed E-state index contributed by atoms with van der Waals surface area (Å²) in [5.41, 5.74) is 2.50. The second kappa shape index (κ2) is 8.49. The Labute approximate surface area is 176 Å². The third-order valence-electron chi connectivity index (χ3n) is 5.77. The van der Waals surface area contributed by atoms with Crippen LogP contribution >= 0.6 is 11.3 Å². The molecule has 0 unspecified atom stereocenters. The smallest absolute Gasteiger partial charge is 0.223 e. The van der Waals surface area contributed by atoms with Gasteiger partial charge in [0.2, 0.25) is 5.91 Å². The lowest BCUT2D eigenvalue weighted by atomic mass is 10.1. The van der Waals surface area contributed by atoms with Gasteiger partial charge in [0, 0.05) is 43.9 Å². The van der Waals surface area contributed by atoms with E-state index in [2.05, 4.69) is 37.8 Å². The zero-order chi connectivity index (χ0) is 20.4. The summed E-state index contributed by atoms with van der Waals surface area (Å²) in [6, 6.07) is 10.2. The number of anilines is 1. The van der Waals surface area contributed by atoms with Gasteiger partial charge in [-0.05, 0) is 31.4 Å². The molecule has 6 heteroatoms. The molecule has 2 aromatic heterocycles. The van der Waals surface area contributed by atoms with E-state index < -0.39 is 0 Å². The predicted molar refractivity (Wildman–Crippen MR) is 120 cm³/mol. The van der Waals surface area contributed by atoms with Gasteiger partial charge in [-0.15, -0.1) is 11.3 Å². The maximum absolute atomic E-state index is 12.7. The fourth-order valence-electron chi connectivity index (χ4n) is 3.88. The molecule has 29 heavy (non-hydrogen) atoms. The number of thiophene rings is 1. The quantitative estimate of drug-likeness (QED) is 0.636. The molecule has 5 nitrogen and oxygen atoms in total. The van der Waals surface area contributed by atoms with Crippen molar-refractivity contribution >= 4 is 33.3 Å². The highest BCUT2D eigenvalue weighted by Crippen LogP contribution is 2.35. The lowest BCUT2D eigenvalue weighted by Gasteiger charge is -2.36. The van der Waals surface area contributed by atoms with Gasteiger partial charge in [-0.2, -0.15) is 0 Å². The van der Waals surface area contributed by atoms with Crippen molar-refractivity contribution in [3.05, 3.63) is 52.2 Å². The maximum Gasteiger partial charge on any atom is 0.223 e. The van der Waals surface area contributed by atoms with E-state index in [4.69, 9.17) is 9.97 Å². The molecule has 0 bridgehead atoms. The van der Waals surface area contributed by atoms with E-state index in [0.29, 0.717) is 6.42 Å². The average molecular weight is 409 g/mol. The Hall–Kier alpha value is -2.47. The molecule has 3 heterocycles. The molecule has 0 aliphatic carbocycles. The molecule has 152 valence electrons. The summed E-state index contributed by atoms with van der Waals surface area (Å²) < 4.78 is 0. The van der Waals surface area contributed by atoms with Gasteiger partial charge < -0.3 is 9.80 Å². The minimum Gasteiger partial charge on any atom is -0.352 e. The van der Waals surface area contributed by atoms with Crippen LogP contribution in [0.2, 0.25) is 0 Å². The number of hydrogen-bond acceptors (Lipinski definition) is 5. The van der Waals surface area contributed by atoms with Gasteiger partial charge >= 0.3 is 0 Å². The highest BCUT2D eigenvalue weighted by molar-refractivity contribution is 7.18. The zero-order valence-electron chi connectivity index (χ0n) is 17.4. The maximum atomic E-state index is 12.7. The first-order valence-corrected chi connectivity index (χ1v) is 11.2. The van der Waals surface area contributed by atoms with E-state index in [1.165, 1.54) is 21.4 Å². The number of fused-ring (bicyclic) bond motifs is 1. The van der Waals surface area contributed by atoms with Crippen LogP contribution in [0.1, 0.15) is 35.2 Å². The number of carbonyl (C=O) groups excluding carboxylic acids is 1. The van der Waals surface area contributed by atoms with Crippen LogP contribution in [0.15, 0.2) is 30.3 Å². The first-order chi connectivity index (χ1) is 14.1. The number of piperazine rings is 1. The largest absolute Gasteiger partial charge is 0.352 e. The molecule has 1 aromatic carbocycles. The highest BCUT2D eigenvalue weighted by atomic mass is 32.1. The standard InChI is InChI=1S/C23H28N4OS/c1-4-19-24-22(21-16(2)17(3)29-23(21)25-19)27-14-12-26(13-15-27)20(28)11-10-18-8-6-5-7-9-18/h5-9H,4,10-15H2,1-3H3. The number of hydrogen-bond donors (Lipinski definition) is 0. The van der Waals surface area contributed by atoms with Gasteiger partial charge in [0.05, 0.1) is 5.39 Å². The van der Waals surface area contributed by atoms with Crippen LogP contribution in [0.25, 0.3) is 10.2 Å². The van der Waals surface area contributed by atoms with Crippen LogP contribution in [-0.2, 0) is 17.6 Å². The number of amides is 1. The van der Waals surface area contributed by atoms with Crippen LogP contribution in [0.5, 0.6) is 0 Å². The van der Waals surface area contributed by atoms with Crippen LogP contribution in [0.3, 0.4) is 0 Å². The van der Waals surface area contributed by atoms with Gasteiger partial charge in [0.1, 0.15) is 16.5 Å². The minimum atomic E-state index is 0.248. The zero-order valence-corrected chi connectivity index (χ0v) is 18.3. The average Bonchev–Trinajstić information content (AvgIpc) is 3.05. The van der Waals surface area contributed by atoms with Crippen LogP contribution < -0.4 is 4.90 Å². The van der Waals surface area contributed by atoms with Gasteiger partial charge in [-0.3, -0.25) is 4.79 Å². The number of aromatic nitrogens is 2. The molecule has 1 saturated heterocycles. The highest BCUT2D eigenvalue weighted by Gasteiger charge is 2.25. The van der Waals surface area contributed by atoms with Crippen molar-refractivity contribution in [1.29, 1.82) is 0 Å². The molecule has 1 aliphatic rings. The van der Waals surface area contributed by atoms with Gasteiger partial charge in [0.15, 0.2) is 0 Å². The van der Waals surface area contributed by atoms with Crippen molar-refractivity contribution in [2.45, 2.75) is 40.0 Å². The van der Waals surface area contributed by atoms with Crippen molar-refractivity contribution in [2.75, 3.05) is 31.1 Å². The summed E-state index contributed by atoms with van der Waals surface area (Å²) in [7, 11) is 0. The third-order valence-corrected chi connectivity index (χ3v) is 6.88. The Morgan fingerprint density at radius 3 is 2.48 bits per heavy atom. The second-order valence-corrected chi connectivity index (χ2v) is 8.84. The van der Waals surface area contributed by atoms with Crippen LogP contribution in [-0.4, -0.2) is 47.0 Å². The second-order valence-electron chi connectivity index (χ2n) is 7.63. The Balaban J connectivity index is 1.45. The number of rotatable bonds is 5. The minimum absolute atomic E-state index is 0.248. The van der Waals surface area contributed by atoms with Crippen molar-refractivity contribution in [3.63, 3.8) is 0 Å². The molecular weight excluding hydrogens is 380 g/mol. The van der Waals surface area contributed by atoms with Crippen LogP contribution in [0, 0.1) is 13.8 Å². The Morgan fingerprint density at radius 2 is 1.79 bits per heavy atom. The molecule has 0 N–H and O–H groups in total. The van der Waals surface area contributed by atoms with E-state index in [9.17, 15) is 4.79 Å². The predicted octanol–water partition coefficient (Wildman–Crippen LogP) is 4.15. The summed E-state index contributed by atoms with van der Waals surface area (Å²) in [5, 5.41) is 1.19. The normalized spacial score (nSPS) is 14.6. The molecule has 4 rings (SSSR count). The topological polar surface area (TPSA) is 49.3 Å². The first kappa shape index (κ1) is 19.8. The van der Waals surface area contributed by atoms with E-state index in [0.717, 1.165) is 55.5 Å². The van der Waals surface area contributed by atoms with Gasteiger partial charge in [-0.1, -0.05) is 37.3 Å². The van der Waals surface area contributed by atoms with Crippen molar-refractivity contribution in [2.24, 2.45) is 0 Å². The number of carbonyl (C=O) groups is 1. The molecule has 1 fully saturated rings. The molecule has 3 aromatic rings. The van der Waals surface area contributed by atoms with Crippen molar-refractivity contribution in [1.82, 2.24) is 14.9 Å². The molecule has 1 amide bonds. The van der Waals surface area contributed by atoms with E-state index in [1.54, 1.807) is 11.3 Å². The SMILES string of the molecule is CCc1nc(N2CCN(C(=O)CCc3ccccc3)CC2)c2c(C)c(C)sc2n1.